The van der Waals surface area contributed by atoms with Crippen molar-refractivity contribution in [2.75, 3.05) is 11.9 Å². The molecule has 14 heteroatoms. The van der Waals surface area contributed by atoms with Crippen LogP contribution in [0.25, 0.3) is 0 Å². The predicted molar refractivity (Wildman–Crippen MR) is 152 cm³/mol. The van der Waals surface area contributed by atoms with Crippen molar-refractivity contribution in [2.45, 2.75) is 49.4 Å². The molecular formula is C30H27ClF8N2O2S. The number of thioether (sulfide) groups is 1. The number of nitrogens with one attached hydrogen (secondary N) is 1. The number of carbonyl (C=O) groups is 1. The lowest BCUT2D eigenvalue weighted by Crippen LogP contribution is -2.26. The van der Waals surface area contributed by atoms with Crippen LogP contribution >= 0.6 is 23.4 Å². The number of benzene rings is 2. The average molecular weight is 667 g/mol. The summed E-state index contributed by atoms with van der Waals surface area (Å²) < 4.78 is 108. The van der Waals surface area contributed by atoms with E-state index < -0.39 is 65.4 Å². The van der Waals surface area contributed by atoms with Crippen LogP contribution in [0.4, 0.5) is 40.8 Å². The highest BCUT2D eigenvalue weighted by Gasteiger charge is 2.41. The number of carbonyl (C=O) groups excluding carboxylic acids is 1. The van der Waals surface area contributed by atoms with Crippen LogP contribution in [0.5, 0.6) is 0 Å². The maximum atomic E-state index is 13.9. The van der Waals surface area contributed by atoms with Crippen molar-refractivity contribution >= 4 is 41.2 Å². The van der Waals surface area contributed by atoms with Crippen LogP contribution < -0.4 is 5.32 Å². The Kier molecular flexibility index (Phi) is 11.0. The van der Waals surface area contributed by atoms with E-state index in [0.717, 1.165) is 12.8 Å². The molecule has 4 nitrogen and oxygen atoms in total. The number of alkyl halides is 1. The fourth-order valence-electron chi connectivity index (χ4n) is 5.21. The normalized spacial score (nSPS) is 24.8. The van der Waals surface area contributed by atoms with Crippen LogP contribution in [0.15, 0.2) is 63.7 Å². The Balaban J connectivity index is 1.36. The van der Waals surface area contributed by atoms with Crippen molar-refractivity contribution in [3.05, 3.63) is 81.7 Å². The minimum absolute atomic E-state index is 0.0734. The minimum atomic E-state index is -2.73. The molecule has 2 aliphatic rings. The van der Waals surface area contributed by atoms with Crippen molar-refractivity contribution in [1.82, 2.24) is 0 Å². The molecule has 0 saturated heterocycles. The summed E-state index contributed by atoms with van der Waals surface area (Å²) in [5, 5.41) is 6.50. The molecule has 238 valence electrons. The lowest BCUT2D eigenvalue weighted by molar-refractivity contribution is 0.0711. The van der Waals surface area contributed by atoms with Gasteiger partial charge in [0.25, 0.3) is 5.91 Å². The summed E-state index contributed by atoms with van der Waals surface area (Å²) in [6.07, 6.45) is 1.09. The number of oxime groups is 1. The average Bonchev–Trinajstić information content (AvgIpc) is 3.32. The summed E-state index contributed by atoms with van der Waals surface area (Å²) >= 11 is 7.91. The molecule has 2 aromatic carbocycles. The molecule has 0 spiro atoms. The second-order valence-corrected chi connectivity index (χ2v) is 12.5. The quantitative estimate of drug-likeness (QED) is 0.119. The van der Waals surface area contributed by atoms with Gasteiger partial charge in [0.15, 0.2) is 41.1 Å². The third-order valence-electron chi connectivity index (χ3n) is 7.57. The molecule has 2 aliphatic carbocycles. The van der Waals surface area contributed by atoms with E-state index in [2.05, 4.69) is 17.4 Å². The van der Waals surface area contributed by atoms with Crippen LogP contribution in [0, 0.1) is 41.1 Å². The monoisotopic (exact) mass is 666 g/mol. The van der Waals surface area contributed by atoms with Gasteiger partial charge in [0.05, 0.1) is 10.9 Å². The smallest absolute Gasteiger partial charge is 0.255 e. The van der Waals surface area contributed by atoms with Crippen LogP contribution in [0.2, 0.25) is 5.02 Å². The first-order chi connectivity index (χ1) is 20.8. The molecule has 0 aliphatic heterocycles. The maximum absolute atomic E-state index is 13.9. The number of hydrogen-bond acceptors (Lipinski definition) is 4. The third-order valence-corrected chi connectivity index (χ3v) is 9.72. The number of rotatable bonds is 10. The molecule has 2 aromatic rings. The van der Waals surface area contributed by atoms with Crippen LogP contribution in [0.1, 0.15) is 43.5 Å². The molecule has 44 heavy (non-hydrogen) atoms. The second kappa shape index (κ2) is 14.4. The molecule has 6 unspecified atom stereocenters. The molecule has 1 amide bonds. The first-order valence-electron chi connectivity index (χ1n) is 13.6. The minimum Gasteiger partial charge on any atom is -0.395 e. The number of halogens is 9. The Labute approximate surface area is 257 Å². The molecule has 0 bridgehead atoms. The number of amides is 1. The van der Waals surface area contributed by atoms with Gasteiger partial charge in [-0.25, -0.2) is 35.1 Å². The van der Waals surface area contributed by atoms with Gasteiger partial charge in [0.2, 0.25) is 0 Å². The van der Waals surface area contributed by atoms with Gasteiger partial charge in [0, 0.05) is 39.7 Å². The predicted octanol–water partition coefficient (Wildman–Crippen LogP) is 9.81. The molecule has 1 N–H and O–H groups in total. The van der Waals surface area contributed by atoms with Gasteiger partial charge in [-0.1, -0.05) is 30.6 Å². The molecule has 0 aromatic heterocycles. The Morgan fingerprint density at radius 1 is 1.07 bits per heavy atom. The van der Waals surface area contributed by atoms with Gasteiger partial charge in [0.1, 0.15) is 12.4 Å². The maximum Gasteiger partial charge on any atom is 0.255 e. The van der Waals surface area contributed by atoms with E-state index in [1.807, 2.05) is 6.92 Å². The molecule has 1 saturated carbocycles. The molecule has 1 fully saturated rings. The highest BCUT2D eigenvalue weighted by atomic mass is 35.5. The molecule has 0 radical (unpaired) electrons. The standard InChI is InChI=1S/C30H27ClF8N2O2S/c1-13(11-40-43-12-18-23(34)26(37)28(39)27(38)24(18)35)7-15-4-3-14(2)29(15)44-22-8-16(5-6-19(22)31)30(42)41-17-9-20(32)25(36)21(33)10-17/h5-6,8-11,13-15,18,23,29H,3-4,7,12H2,1-2H3,(H,41,42)/b40-11+. The fraction of sp³-hybridized carbons (Fsp3) is 0.400. The van der Waals surface area contributed by atoms with E-state index in [0.29, 0.717) is 28.5 Å². The number of allylic oxidation sites excluding steroid dienone is 3. The van der Waals surface area contributed by atoms with Gasteiger partial charge in [-0.15, -0.1) is 11.8 Å². The van der Waals surface area contributed by atoms with Crippen LogP contribution in [-0.2, 0) is 4.84 Å². The summed E-state index contributed by atoms with van der Waals surface area (Å²) in [5.74, 6) is -15.0. The largest absolute Gasteiger partial charge is 0.395 e. The third kappa shape index (κ3) is 7.59. The van der Waals surface area contributed by atoms with E-state index >= 15 is 0 Å². The number of anilines is 1. The summed E-state index contributed by atoms with van der Waals surface area (Å²) in [6.45, 7) is 3.08. The van der Waals surface area contributed by atoms with Gasteiger partial charge in [-0.05, 0) is 55.2 Å². The SMILES string of the molecule is CC(/C=N/OCC1C(F)=C(F)C(F)=C(F)C1F)CC1CCC(C)C1Sc1cc(C(=O)Nc2cc(F)c(F)c(F)c2)ccc1Cl. The molecule has 0 heterocycles. The zero-order chi connectivity index (χ0) is 32.3. The highest BCUT2D eigenvalue weighted by molar-refractivity contribution is 8.00. The molecular weight excluding hydrogens is 640 g/mol. The Morgan fingerprint density at radius 2 is 1.73 bits per heavy atom. The lowest BCUT2D eigenvalue weighted by atomic mass is 9.94. The number of nitrogens with zero attached hydrogens (tertiary/aromatic N) is 1. The van der Waals surface area contributed by atoms with Gasteiger partial charge in [-0.3, -0.25) is 4.79 Å². The van der Waals surface area contributed by atoms with E-state index in [4.69, 9.17) is 16.4 Å². The van der Waals surface area contributed by atoms with Crippen molar-refractivity contribution in [3.63, 3.8) is 0 Å². The van der Waals surface area contributed by atoms with Gasteiger partial charge < -0.3 is 10.2 Å². The molecule has 4 rings (SSSR count). The van der Waals surface area contributed by atoms with Gasteiger partial charge >= 0.3 is 0 Å². The summed E-state index contributed by atoms with van der Waals surface area (Å²) in [6, 6.07) is 5.87. The van der Waals surface area contributed by atoms with Gasteiger partial charge in [-0.2, -0.15) is 0 Å². The number of hydrogen-bond donors (Lipinski definition) is 1. The first-order valence-corrected chi connectivity index (χ1v) is 14.9. The van der Waals surface area contributed by atoms with Crippen molar-refractivity contribution in [2.24, 2.45) is 28.8 Å². The summed E-state index contributed by atoms with van der Waals surface area (Å²) in [5.41, 5.74) is -0.0887. The Morgan fingerprint density at radius 3 is 2.41 bits per heavy atom. The Hall–Kier alpha value is -3.06. The lowest BCUT2D eigenvalue weighted by Gasteiger charge is -2.24. The summed E-state index contributed by atoms with van der Waals surface area (Å²) in [4.78, 5) is 18.3. The van der Waals surface area contributed by atoms with E-state index in [1.165, 1.54) is 30.1 Å². The Bertz CT molecular complexity index is 1480. The summed E-state index contributed by atoms with van der Waals surface area (Å²) in [7, 11) is 0. The topological polar surface area (TPSA) is 50.7 Å². The zero-order valence-corrected chi connectivity index (χ0v) is 24.9. The van der Waals surface area contributed by atoms with E-state index in [1.54, 1.807) is 6.07 Å². The van der Waals surface area contributed by atoms with E-state index in [-0.39, 0.29) is 34.3 Å². The highest BCUT2D eigenvalue weighted by Crippen LogP contribution is 2.47. The first kappa shape index (κ1) is 33.8. The van der Waals surface area contributed by atoms with Crippen molar-refractivity contribution < 1.29 is 44.8 Å². The second-order valence-electron chi connectivity index (χ2n) is 10.8. The van der Waals surface area contributed by atoms with Crippen molar-refractivity contribution in [1.29, 1.82) is 0 Å². The van der Waals surface area contributed by atoms with Crippen molar-refractivity contribution in [3.8, 4) is 0 Å². The fourth-order valence-corrected chi connectivity index (χ4v) is 6.94. The molecule has 6 atom stereocenters. The van der Waals surface area contributed by atoms with Crippen LogP contribution in [0.3, 0.4) is 0 Å². The zero-order valence-electron chi connectivity index (χ0n) is 23.3. The van der Waals surface area contributed by atoms with E-state index in [9.17, 15) is 39.9 Å². The van der Waals surface area contributed by atoms with Crippen LogP contribution in [-0.4, -0.2) is 30.2 Å².